The highest BCUT2D eigenvalue weighted by Crippen LogP contribution is 2.33. The van der Waals surface area contributed by atoms with E-state index < -0.39 is 0 Å². The summed E-state index contributed by atoms with van der Waals surface area (Å²) in [6.45, 7) is 5.63. The maximum Gasteiger partial charge on any atom is 0.230 e. The van der Waals surface area contributed by atoms with Crippen LogP contribution in [0.1, 0.15) is 30.9 Å². The van der Waals surface area contributed by atoms with Crippen molar-refractivity contribution >= 4 is 5.91 Å². The summed E-state index contributed by atoms with van der Waals surface area (Å²) in [6.07, 6.45) is 2.92. The third kappa shape index (κ3) is 2.16. The Balaban J connectivity index is 1.79. The minimum atomic E-state index is -0.147. The van der Waals surface area contributed by atoms with Gasteiger partial charge < -0.3 is 10.2 Å². The van der Waals surface area contributed by atoms with Gasteiger partial charge in [0.25, 0.3) is 0 Å². The lowest BCUT2D eigenvalue weighted by Crippen LogP contribution is -2.46. The van der Waals surface area contributed by atoms with E-state index in [2.05, 4.69) is 41.4 Å². The van der Waals surface area contributed by atoms with E-state index in [0.29, 0.717) is 5.91 Å². The molecule has 1 amide bonds. The molecule has 0 saturated carbocycles. The van der Waals surface area contributed by atoms with E-state index in [1.807, 2.05) is 0 Å². The van der Waals surface area contributed by atoms with Gasteiger partial charge in [-0.05, 0) is 36.9 Å². The highest BCUT2D eigenvalue weighted by Gasteiger charge is 2.42. The van der Waals surface area contributed by atoms with Crippen molar-refractivity contribution in [2.75, 3.05) is 19.6 Å². The molecule has 19 heavy (non-hydrogen) atoms. The van der Waals surface area contributed by atoms with E-state index in [0.717, 1.165) is 45.4 Å². The van der Waals surface area contributed by atoms with Crippen molar-refractivity contribution in [1.29, 1.82) is 0 Å². The molecule has 3 rings (SSSR count). The molecule has 1 aromatic rings. The number of carbonyl (C=O) groups is 1. The highest BCUT2D eigenvalue weighted by atomic mass is 16.2. The van der Waals surface area contributed by atoms with Gasteiger partial charge in [0, 0.05) is 19.6 Å². The topological polar surface area (TPSA) is 32.3 Å². The molecule has 1 aromatic carbocycles. The second-order valence-corrected chi connectivity index (χ2v) is 5.81. The molecular weight excluding hydrogens is 236 g/mol. The highest BCUT2D eigenvalue weighted by molar-refractivity contribution is 5.83. The number of nitrogens with one attached hydrogen (secondary N) is 1. The van der Waals surface area contributed by atoms with E-state index >= 15 is 0 Å². The maximum absolute atomic E-state index is 12.8. The molecule has 102 valence electrons. The molecule has 1 fully saturated rings. The molecular formula is C16H22N2O. The van der Waals surface area contributed by atoms with Crippen LogP contribution in [0.25, 0.3) is 0 Å². The van der Waals surface area contributed by atoms with Crippen molar-refractivity contribution in [1.82, 2.24) is 10.2 Å². The van der Waals surface area contributed by atoms with Gasteiger partial charge >= 0.3 is 0 Å². The van der Waals surface area contributed by atoms with Crippen molar-refractivity contribution in [3.8, 4) is 0 Å². The molecule has 1 saturated heterocycles. The number of hydrogen-bond acceptors (Lipinski definition) is 2. The molecule has 0 aromatic heterocycles. The van der Waals surface area contributed by atoms with E-state index in [4.69, 9.17) is 0 Å². The first-order valence-electron chi connectivity index (χ1n) is 7.32. The van der Waals surface area contributed by atoms with Crippen LogP contribution in [0, 0.1) is 5.41 Å². The monoisotopic (exact) mass is 258 g/mol. The molecule has 1 atom stereocenters. The minimum absolute atomic E-state index is 0.147. The zero-order valence-corrected chi connectivity index (χ0v) is 11.6. The van der Waals surface area contributed by atoms with Gasteiger partial charge in [0.15, 0.2) is 0 Å². The molecule has 2 heterocycles. The molecule has 1 unspecified atom stereocenters. The first kappa shape index (κ1) is 12.7. The van der Waals surface area contributed by atoms with Crippen LogP contribution in [0.15, 0.2) is 24.3 Å². The predicted octanol–water partition coefficient (Wildman–Crippen LogP) is 1.96. The van der Waals surface area contributed by atoms with Gasteiger partial charge in [-0.15, -0.1) is 0 Å². The number of benzene rings is 1. The second-order valence-electron chi connectivity index (χ2n) is 5.81. The van der Waals surface area contributed by atoms with Crippen molar-refractivity contribution in [3.63, 3.8) is 0 Å². The van der Waals surface area contributed by atoms with E-state index in [1.54, 1.807) is 0 Å². The molecule has 1 N–H and O–H groups in total. The Labute approximate surface area is 115 Å². The summed E-state index contributed by atoms with van der Waals surface area (Å²) in [5.74, 6) is 0.356. The molecule has 0 spiro atoms. The summed E-state index contributed by atoms with van der Waals surface area (Å²) >= 11 is 0. The molecule has 0 aliphatic carbocycles. The summed E-state index contributed by atoms with van der Waals surface area (Å²) in [5, 5.41) is 3.36. The SMILES string of the molecule is CCC1(C(=O)N2CCc3ccccc3C2)CCNC1. The van der Waals surface area contributed by atoms with Crippen LogP contribution in [-0.4, -0.2) is 30.4 Å². The summed E-state index contributed by atoms with van der Waals surface area (Å²) < 4.78 is 0. The van der Waals surface area contributed by atoms with Crippen LogP contribution >= 0.6 is 0 Å². The van der Waals surface area contributed by atoms with Crippen LogP contribution in [0.3, 0.4) is 0 Å². The third-order valence-corrected chi connectivity index (χ3v) is 4.79. The average molecular weight is 258 g/mol. The molecule has 0 radical (unpaired) electrons. The largest absolute Gasteiger partial charge is 0.338 e. The summed E-state index contributed by atoms with van der Waals surface area (Å²) in [6, 6.07) is 8.49. The Bertz CT molecular complexity index is 477. The number of amides is 1. The average Bonchev–Trinajstić information content (AvgIpc) is 2.96. The predicted molar refractivity (Wildman–Crippen MR) is 75.8 cm³/mol. The number of fused-ring (bicyclic) bond motifs is 1. The lowest BCUT2D eigenvalue weighted by molar-refractivity contribution is -0.142. The number of rotatable bonds is 2. The molecule has 2 aliphatic rings. The molecule has 0 bridgehead atoms. The van der Waals surface area contributed by atoms with Gasteiger partial charge in [0.2, 0.25) is 5.91 Å². The van der Waals surface area contributed by atoms with Crippen molar-refractivity contribution in [2.24, 2.45) is 5.41 Å². The van der Waals surface area contributed by atoms with Crippen molar-refractivity contribution in [2.45, 2.75) is 32.7 Å². The van der Waals surface area contributed by atoms with Gasteiger partial charge in [-0.1, -0.05) is 31.2 Å². The quantitative estimate of drug-likeness (QED) is 0.879. The summed E-state index contributed by atoms with van der Waals surface area (Å²) in [5.41, 5.74) is 2.58. The lowest BCUT2D eigenvalue weighted by Gasteiger charge is -2.36. The smallest absolute Gasteiger partial charge is 0.230 e. The Kier molecular flexibility index (Phi) is 3.31. The maximum atomic E-state index is 12.8. The molecule has 3 nitrogen and oxygen atoms in total. The lowest BCUT2D eigenvalue weighted by atomic mass is 9.82. The van der Waals surface area contributed by atoms with Crippen LogP contribution in [0.2, 0.25) is 0 Å². The zero-order valence-electron chi connectivity index (χ0n) is 11.6. The standard InChI is InChI=1S/C16H22N2O/c1-2-16(8-9-17-12-16)15(19)18-10-7-13-5-3-4-6-14(13)11-18/h3-6,17H,2,7-12H2,1H3. The van der Waals surface area contributed by atoms with Gasteiger partial charge in [0.05, 0.1) is 5.41 Å². The fourth-order valence-corrected chi connectivity index (χ4v) is 3.38. The Hall–Kier alpha value is -1.35. The van der Waals surface area contributed by atoms with Crippen LogP contribution in [-0.2, 0) is 17.8 Å². The van der Waals surface area contributed by atoms with Gasteiger partial charge in [-0.25, -0.2) is 0 Å². The van der Waals surface area contributed by atoms with Crippen LogP contribution < -0.4 is 5.32 Å². The minimum Gasteiger partial charge on any atom is -0.338 e. The fourth-order valence-electron chi connectivity index (χ4n) is 3.38. The number of carbonyl (C=O) groups excluding carboxylic acids is 1. The fraction of sp³-hybridized carbons (Fsp3) is 0.562. The second kappa shape index (κ2) is 4.97. The van der Waals surface area contributed by atoms with E-state index in [1.165, 1.54) is 11.1 Å². The Morgan fingerprint density at radius 1 is 1.37 bits per heavy atom. The normalized spacial score (nSPS) is 26.3. The number of nitrogens with zero attached hydrogens (tertiary/aromatic N) is 1. The Morgan fingerprint density at radius 3 is 2.84 bits per heavy atom. The van der Waals surface area contributed by atoms with Gasteiger partial charge in [-0.2, -0.15) is 0 Å². The van der Waals surface area contributed by atoms with Crippen LogP contribution in [0.5, 0.6) is 0 Å². The molecule has 3 heteroatoms. The summed E-state index contributed by atoms with van der Waals surface area (Å²) in [4.78, 5) is 14.9. The van der Waals surface area contributed by atoms with Crippen LogP contribution in [0.4, 0.5) is 0 Å². The third-order valence-electron chi connectivity index (χ3n) is 4.79. The first-order valence-corrected chi connectivity index (χ1v) is 7.32. The van der Waals surface area contributed by atoms with E-state index in [9.17, 15) is 4.79 Å². The van der Waals surface area contributed by atoms with E-state index in [-0.39, 0.29) is 5.41 Å². The van der Waals surface area contributed by atoms with Gasteiger partial charge in [0.1, 0.15) is 0 Å². The number of hydrogen-bond donors (Lipinski definition) is 1. The molecule has 2 aliphatic heterocycles. The zero-order chi connectivity index (χ0) is 13.3. The van der Waals surface area contributed by atoms with Crippen molar-refractivity contribution < 1.29 is 4.79 Å². The summed E-state index contributed by atoms with van der Waals surface area (Å²) in [7, 11) is 0. The van der Waals surface area contributed by atoms with Crippen molar-refractivity contribution in [3.05, 3.63) is 35.4 Å². The first-order chi connectivity index (χ1) is 9.25. The Morgan fingerprint density at radius 2 is 2.16 bits per heavy atom. The van der Waals surface area contributed by atoms with Gasteiger partial charge in [-0.3, -0.25) is 4.79 Å².